The summed E-state index contributed by atoms with van der Waals surface area (Å²) in [5.74, 6) is 0.936. The summed E-state index contributed by atoms with van der Waals surface area (Å²) < 4.78 is 7.14. The van der Waals surface area contributed by atoms with Gasteiger partial charge in [-0.25, -0.2) is 4.98 Å². The van der Waals surface area contributed by atoms with Gasteiger partial charge in [-0.15, -0.1) is 0 Å². The fraction of sp³-hybridized carbons (Fsp3) is 0. The lowest BCUT2D eigenvalue weighted by molar-refractivity contribution is 0.671. The van der Waals surface area contributed by atoms with Crippen molar-refractivity contribution in [3.8, 4) is 11.3 Å². The van der Waals surface area contributed by atoms with Crippen LogP contribution >= 0.6 is 0 Å². The van der Waals surface area contributed by atoms with E-state index in [1.807, 2.05) is 18.5 Å². The Labute approximate surface area is 374 Å². The molecule has 0 unspecified atom stereocenters. The van der Waals surface area contributed by atoms with Crippen molar-refractivity contribution in [3.63, 3.8) is 0 Å². The molecule has 0 fully saturated rings. The van der Waals surface area contributed by atoms with Crippen LogP contribution in [-0.4, -0.2) is 26.1 Å². The number of fused-ring (bicyclic) bond motifs is 6. The van der Waals surface area contributed by atoms with Gasteiger partial charge in [0.15, 0.2) is 16.1 Å². The summed E-state index contributed by atoms with van der Waals surface area (Å²) in [4.78, 5) is 12.6. The quantitative estimate of drug-likeness (QED) is 0.114. The van der Waals surface area contributed by atoms with Gasteiger partial charge in [-0.1, -0.05) is 188 Å². The number of hydrogen-bond acceptors (Lipinski definition) is 4. The average Bonchev–Trinajstić information content (AvgIpc) is 3.76. The standard InChI is InChI=1S/C58H41N3OSi2/c1-5-22-44(23-6-1)63(45-24-7-2-8-25-45,48-30-17-20-42(40-48)52-33-15-16-38-59-52)49-31-18-21-43(41-49)61-53-37-36-51-50-32-13-14-34-54(50)62-56(51)57(53)64(46-26-9-3-10-27-46,47-28-11-4-12-29-47)55-35-19-39-60-58(55)61/h1-41H. The minimum Gasteiger partial charge on any atom is -0.456 e. The van der Waals surface area contributed by atoms with Crippen LogP contribution in [0.5, 0.6) is 0 Å². The van der Waals surface area contributed by atoms with Crippen LogP contribution in [0.3, 0.4) is 0 Å². The molecule has 0 aliphatic carbocycles. The van der Waals surface area contributed by atoms with Gasteiger partial charge < -0.3 is 4.42 Å². The average molecular weight is 852 g/mol. The molecule has 0 saturated carbocycles. The van der Waals surface area contributed by atoms with Gasteiger partial charge in [0.05, 0.1) is 11.4 Å². The van der Waals surface area contributed by atoms with E-state index in [1.165, 1.54) is 41.5 Å². The minimum atomic E-state index is -3.12. The minimum absolute atomic E-state index is 0.884. The van der Waals surface area contributed by atoms with E-state index >= 15 is 0 Å². The number of anilines is 3. The van der Waals surface area contributed by atoms with Gasteiger partial charge in [0.2, 0.25) is 0 Å². The third kappa shape index (κ3) is 5.73. The summed E-state index contributed by atoms with van der Waals surface area (Å²) in [6.45, 7) is 0. The molecule has 4 heterocycles. The Morgan fingerprint density at radius 1 is 0.438 bits per heavy atom. The highest BCUT2D eigenvalue weighted by Gasteiger charge is 2.52. The lowest BCUT2D eigenvalue weighted by Gasteiger charge is -2.44. The molecule has 12 rings (SSSR count). The van der Waals surface area contributed by atoms with Crippen LogP contribution in [0.2, 0.25) is 0 Å². The molecule has 0 atom stereocenters. The van der Waals surface area contributed by atoms with Crippen molar-refractivity contribution in [2.45, 2.75) is 0 Å². The van der Waals surface area contributed by atoms with Crippen LogP contribution in [0.1, 0.15) is 0 Å². The molecule has 1 aliphatic rings. The van der Waals surface area contributed by atoms with E-state index in [0.29, 0.717) is 0 Å². The number of hydrogen-bond donors (Lipinski definition) is 0. The van der Waals surface area contributed by atoms with E-state index in [9.17, 15) is 0 Å². The predicted molar refractivity (Wildman–Crippen MR) is 270 cm³/mol. The van der Waals surface area contributed by atoms with Gasteiger partial charge in [-0.3, -0.25) is 9.88 Å². The summed E-state index contributed by atoms with van der Waals surface area (Å²) in [5, 5.41) is 12.4. The predicted octanol–water partition coefficient (Wildman–Crippen LogP) is 8.58. The maximum absolute atomic E-state index is 7.14. The molecule has 1 aliphatic heterocycles. The topological polar surface area (TPSA) is 42.2 Å². The largest absolute Gasteiger partial charge is 0.456 e. The van der Waals surface area contributed by atoms with E-state index in [1.54, 1.807) is 0 Å². The second kappa shape index (κ2) is 15.5. The summed E-state index contributed by atoms with van der Waals surface area (Å²) in [6, 6.07) is 86.5. The van der Waals surface area contributed by atoms with Crippen molar-refractivity contribution in [2.75, 3.05) is 4.90 Å². The molecule has 0 amide bonds. The van der Waals surface area contributed by atoms with Crippen molar-refractivity contribution in [2.24, 2.45) is 0 Å². The highest BCUT2D eigenvalue weighted by atomic mass is 28.3. The molecule has 64 heavy (non-hydrogen) atoms. The smallest absolute Gasteiger partial charge is 0.191 e. The van der Waals surface area contributed by atoms with E-state index in [2.05, 4.69) is 235 Å². The van der Waals surface area contributed by atoms with Crippen LogP contribution in [0.15, 0.2) is 253 Å². The number of pyridine rings is 2. The highest BCUT2D eigenvalue weighted by molar-refractivity contribution is 7.22. The van der Waals surface area contributed by atoms with Crippen molar-refractivity contribution in [1.29, 1.82) is 0 Å². The van der Waals surface area contributed by atoms with Crippen LogP contribution in [-0.2, 0) is 0 Å². The number of nitrogens with zero attached hydrogens (tertiary/aromatic N) is 3. The molecule has 4 nitrogen and oxygen atoms in total. The summed E-state index contributed by atoms with van der Waals surface area (Å²) in [6.07, 6.45) is 3.82. The van der Waals surface area contributed by atoms with E-state index in [0.717, 1.165) is 50.4 Å². The first-order chi connectivity index (χ1) is 31.8. The molecule has 11 aromatic rings. The Bertz CT molecular complexity index is 3370. The summed E-state index contributed by atoms with van der Waals surface area (Å²) in [5.41, 5.74) is 5.99. The van der Waals surface area contributed by atoms with Gasteiger partial charge in [0, 0.05) is 39.6 Å². The molecular formula is C58H41N3OSi2. The molecule has 6 heteroatoms. The van der Waals surface area contributed by atoms with Gasteiger partial charge >= 0.3 is 0 Å². The normalized spacial score (nSPS) is 13.1. The van der Waals surface area contributed by atoms with Crippen LogP contribution in [0.4, 0.5) is 17.2 Å². The molecule has 0 N–H and O–H groups in total. The number of rotatable bonds is 8. The Kier molecular flexibility index (Phi) is 9.14. The molecule has 0 bridgehead atoms. The molecule has 0 spiro atoms. The van der Waals surface area contributed by atoms with Gasteiger partial charge in [-0.2, -0.15) is 0 Å². The van der Waals surface area contributed by atoms with Crippen molar-refractivity contribution in [1.82, 2.24) is 9.97 Å². The first kappa shape index (κ1) is 37.8. The zero-order valence-electron chi connectivity index (χ0n) is 34.9. The van der Waals surface area contributed by atoms with Crippen LogP contribution in [0.25, 0.3) is 33.2 Å². The SMILES string of the molecule is c1ccc([Si](c2ccccc2)(c2cccc(-c3ccccn3)c2)c2cccc(N3c4ccc5c(oc6ccccc65)c4[Si](c4ccccc4)(c4ccccc4)c4cccnc43)c2)cc1. The molecule has 302 valence electrons. The second-order valence-electron chi connectivity index (χ2n) is 16.5. The summed E-state index contributed by atoms with van der Waals surface area (Å²) in [7, 11) is -6.15. The fourth-order valence-corrected chi connectivity index (χ4v) is 20.5. The number of benzene rings is 8. The van der Waals surface area contributed by atoms with E-state index < -0.39 is 16.1 Å². The Morgan fingerprint density at radius 2 is 1.03 bits per heavy atom. The third-order valence-corrected chi connectivity index (χ3v) is 22.7. The Hall–Kier alpha value is -7.91. The summed E-state index contributed by atoms with van der Waals surface area (Å²) >= 11 is 0. The number of para-hydroxylation sites is 1. The van der Waals surface area contributed by atoms with E-state index in [-0.39, 0.29) is 0 Å². The van der Waals surface area contributed by atoms with Gasteiger partial charge in [-0.05, 0) is 84.8 Å². The molecule has 0 saturated heterocycles. The van der Waals surface area contributed by atoms with Crippen LogP contribution < -0.4 is 46.4 Å². The number of furan rings is 1. The van der Waals surface area contributed by atoms with Crippen molar-refractivity contribution >= 4 is 96.8 Å². The Balaban J connectivity index is 1.18. The number of aromatic nitrogens is 2. The second-order valence-corrected chi connectivity index (χ2v) is 24.0. The lowest BCUT2D eigenvalue weighted by Crippen LogP contribution is -2.77. The van der Waals surface area contributed by atoms with Crippen molar-refractivity contribution < 1.29 is 4.42 Å². The molecule has 3 aromatic heterocycles. The monoisotopic (exact) mass is 851 g/mol. The molecule has 8 aromatic carbocycles. The third-order valence-electron chi connectivity index (χ3n) is 13.2. The van der Waals surface area contributed by atoms with Gasteiger partial charge in [0.25, 0.3) is 0 Å². The highest BCUT2D eigenvalue weighted by Crippen LogP contribution is 2.41. The molecule has 0 radical (unpaired) electrons. The fourth-order valence-electron chi connectivity index (χ4n) is 10.5. The van der Waals surface area contributed by atoms with Crippen LogP contribution in [0, 0.1) is 0 Å². The maximum Gasteiger partial charge on any atom is 0.191 e. The lowest BCUT2D eigenvalue weighted by atomic mass is 10.1. The zero-order valence-corrected chi connectivity index (χ0v) is 36.9. The van der Waals surface area contributed by atoms with Crippen molar-refractivity contribution in [3.05, 3.63) is 249 Å². The Morgan fingerprint density at radius 3 is 1.72 bits per heavy atom. The first-order valence-corrected chi connectivity index (χ1v) is 25.8. The maximum atomic E-state index is 7.14. The zero-order chi connectivity index (χ0) is 42.5. The van der Waals surface area contributed by atoms with Gasteiger partial charge in [0.1, 0.15) is 17.0 Å². The van der Waals surface area contributed by atoms with E-state index in [4.69, 9.17) is 14.4 Å². The molecular weight excluding hydrogens is 811 g/mol. The first-order valence-electron chi connectivity index (χ1n) is 21.8.